The number of rotatable bonds is 3. The molecule has 0 heterocycles. The number of carbonyl (C=O) groups excluding carboxylic acids is 1. The molecule has 0 spiro atoms. The summed E-state index contributed by atoms with van der Waals surface area (Å²) < 4.78 is 5.05. The zero-order valence-corrected chi connectivity index (χ0v) is 12.0. The molecule has 5 heteroatoms. The van der Waals surface area contributed by atoms with Crippen molar-refractivity contribution < 1.29 is 9.53 Å². The molecule has 1 amide bonds. The summed E-state index contributed by atoms with van der Waals surface area (Å²) in [6, 6.07) is 10.2. The van der Waals surface area contributed by atoms with Gasteiger partial charge in [0, 0.05) is 11.3 Å². The fourth-order valence-corrected chi connectivity index (χ4v) is 2.18. The van der Waals surface area contributed by atoms with Gasteiger partial charge in [0.15, 0.2) is 0 Å². The zero-order valence-electron chi connectivity index (χ0n) is 11.2. The molecule has 0 atom stereocenters. The molecular formula is C15H15ClN2O2. The lowest BCUT2D eigenvalue weighted by Gasteiger charge is -2.11. The van der Waals surface area contributed by atoms with Crippen molar-refractivity contribution in [2.75, 3.05) is 18.2 Å². The number of hydrogen-bond donors (Lipinski definition) is 2. The largest absolute Gasteiger partial charge is 0.497 e. The van der Waals surface area contributed by atoms with Gasteiger partial charge in [-0.2, -0.15) is 0 Å². The lowest BCUT2D eigenvalue weighted by atomic mass is 10.1. The highest BCUT2D eigenvalue weighted by Crippen LogP contribution is 2.29. The number of halogens is 1. The topological polar surface area (TPSA) is 64.3 Å². The Hall–Kier alpha value is -2.20. The summed E-state index contributed by atoms with van der Waals surface area (Å²) >= 11 is 6.10. The number of anilines is 2. The van der Waals surface area contributed by atoms with Crippen LogP contribution in [0.5, 0.6) is 5.75 Å². The van der Waals surface area contributed by atoms with Crippen molar-refractivity contribution >= 4 is 28.9 Å². The maximum atomic E-state index is 12.2. The van der Waals surface area contributed by atoms with Gasteiger partial charge in [0.1, 0.15) is 5.75 Å². The maximum Gasteiger partial charge on any atom is 0.255 e. The van der Waals surface area contributed by atoms with Crippen LogP contribution in [0.25, 0.3) is 0 Å². The monoisotopic (exact) mass is 290 g/mol. The van der Waals surface area contributed by atoms with E-state index in [-0.39, 0.29) is 5.91 Å². The third-order valence-corrected chi connectivity index (χ3v) is 3.20. The van der Waals surface area contributed by atoms with Crippen molar-refractivity contribution in [1.82, 2.24) is 0 Å². The van der Waals surface area contributed by atoms with Crippen LogP contribution in [0, 0.1) is 6.92 Å². The summed E-state index contributed by atoms with van der Waals surface area (Å²) in [5.41, 5.74) is 8.17. The van der Waals surface area contributed by atoms with Gasteiger partial charge >= 0.3 is 0 Å². The van der Waals surface area contributed by atoms with E-state index >= 15 is 0 Å². The first-order chi connectivity index (χ1) is 9.51. The summed E-state index contributed by atoms with van der Waals surface area (Å²) in [5.74, 6) is 0.464. The molecule has 0 saturated carbocycles. The van der Waals surface area contributed by atoms with Crippen molar-refractivity contribution in [2.24, 2.45) is 0 Å². The molecule has 2 aromatic rings. The second kappa shape index (κ2) is 5.84. The van der Waals surface area contributed by atoms with Crippen molar-refractivity contribution in [3.8, 4) is 5.75 Å². The van der Waals surface area contributed by atoms with Crippen LogP contribution in [0.1, 0.15) is 15.9 Å². The van der Waals surface area contributed by atoms with Crippen LogP contribution in [0.2, 0.25) is 5.02 Å². The minimum absolute atomic E-state index is 0.234. The number of methoxy groups -OCH3 is 1. The summed E-state index contributed by atoms with van der Waals surface area (Å²) in [6.07, 6.45) is 0. The molecule has 0 radical (unpaired) electrons. The van der Waals surface area contributed by atoms with E-state index in [0.29, 0.717) is 27.7 Å². The molecule has 0 unspecified atom stereocenters. The van der Waals surface area contributed by atoms with Crippen LogP contribution in [-0.4, -0.2) is 13.0 Å². The van der Waals surface area contributed by atoms with Crippen LogP contribution in [0.4, 0.5) is 11.4 Å². The predicted molar refractivity (Wildman–Crippen MR) is 81.5 cm³/mol. The van der Waals surface area contributed by atoms with Gasteiger partial charge in [0.25, 0.3) is 5.91 Å². The van der Waals surface area contributed by atoms with Gasteiger partial charge in [0.2, 0.25) is 0 Å². The van der Waals surface area contributed by atoms with Gasteiger partial charge in [-0.05, 0) is 48.9 Å². The molecule has 3 N–H and O–H groups in total. The Morgan fingerprint density at radius 3 is 2.45 bits per heavy atom. The fraction of sp³-hybridized carbons (Fsp3) is 0.133. The number of amides is 1. The third kappa shape index (κ3) is 3.03. The highest BCUT2D eigenvalue weighted by molar-refractivity contribution is 6.34. The average Bonchev–Trinajstić information content (AvgIpc) is 2.42. The highest BCUT2D eigenvalue weighted by atomic mass is 35.5. The first-order valence-electron chi connectivity index (χ1n) is 6.02. The van der Waals surface area contributed by atoms with Crippen molar-refractivity contribution in [3.63, 3.8) is 0 Å². The van der Waals surface area contributed by atoms with Crippen LogP contribution >= 0.6 is 11.6 Å². The Balaban J connectivity index is 2.23. The quantitative estimate of drug-likeness (QED) is 0.851. The summed E-state index contributed by atoms with van der Waals surface area (Å²) in [6.45, 7) is 1.84. The Bertz CT molecular complexity index is 616. The Morgan fingerprint density at radius 2 is 1.90 bits per heavy atom. The van der Waals surface area contributed by atoms with Gasteiger partial charge in [-0.1, -0.05) is 11.6 Å². The molecule has 4 nitrogen and oxygen atoms in total. The Labute approximate surface area is 122 Å². The van der Waals surface area contributed by atoms with E-state index in [1.54, 1.807) is 43.5 Å². The first kappa shape index (κ1) is 14.2. The molecule has 0 aliphatic rings. The lowest BCUT2D eigenvalue weighted by Crippen LogP contribution is -2.13. The van der Waals surface area contributed by atoms with Crippen molar-refractivity contribution in [3.05, 3.63) is 52.5 Å². The van der Waals surface area contributed by atoms with Crippen LogP contribution in [0.15, 0.2) is 36.4 Å². The van der Waals surface area contributed by atoms with E-state index in [9.17, 15) is 4.79 Å². The second-order valence-electron chi connectivity index (χ2n) is 4.38. The molecule has 0 saturated heterocycles. The predicted octanol–water partition coefficient (Wildman–Crippen LogP) is 3.49. The molecule has 2 rings (SSSR count). The molecule has 104 valence electrons. The fourth-order valence-electron chi connectivity index (χ4n) is 1.86. The Kier molecular flexibility index (Phi) is 4.15. The average molecular weight is 291 g/mol. The van der Waals surface area contributed by atoms with Crippen LogP contribution < -0.4 is 15.8 Å². The van der Waals surface area contributed by atoms with E-state index in [4.69, 9.17) is 22.1 Å². The molecule has 0 aliphatic carbocycles. The molecule has 0 aliphatic heterocycles. The van der Waals surface area contributed by atoms with Gasteiger partial charge in [-0.3, -0.25) is 4.79 Å². The van der Waals surface area contributed by atoms with Crippen molar-refractivity contribution in [1.29, 1.82) is 0 Å². The number of ether oxygens (including phenoxy) is 1. The van der Waals surface area contributed by atoms with E-state index in [0.717, 1.165) is 5.56 Å². The third-order valence-electron chi connectivity index (χ3n) is 2.90. The van der Waals surface area contributed by atoms with Crippen LogP contribution in [-0.2, 0) is 0 Å². The van der Waals surface area contributed by atoms with Gasteiger partial charge in [-0.15, -0.1) is 0 Å². The zero-order chi connectivity index (χ0) is 14.7. The van der Waals surface area contributed by atoms with E-state index in [1.165, 1.54) is 0 Å². The SMILES string of the molecule is COc1ccc(C(=O)Nc2c(C)cc(N)cc2Cl)cc1. The van der Waals surface area contributed by atoms with Gasteiger partial charge in [-0.25, -0.2) is 0 Å². The minimum Gasteiger partial charge on any atom is -0.497 e. The summed E-state index contributed by atoms with van der Waals surface area (Å²) in [7, 11) is 1.58. The molecular weight excluding hydrogens is 276 g/mol. The van der Waals surface area contributed by atoms with Crippen molar-refractivity contribution in [2.45, 2.75) is 6.92 Å². The molecule has 0 fully saturated rings. The maximum absolute atomic E-state index is 12.2. The van der Waals surface area contributed by atoms with Crippen LogP contribution in [0.3, 0.4) is 0 Å². The number of nitrogens with one attached hydrogen (secondary N) is 1. The van der Waals surface area contributed by atoms with E-state index in [1.807, 2.05) is 6.92 Å². The van der Waals surface area contributed by atoms with E-state index < -0.39 is 0 Å². The number of aryl methyl sites for hydroxylation is 1. The number of nitrogens with two attached hydrogens (primary N) is 1. The highest BCUT2D eigenvalue weighted by Gasteiger charge is 2.11. The lowest BCUT2D eigenvalue weighted by molar-refractivity contribution is 0.102. The normalized spacial score (nSPS) is 10.2. The standard InChI is InChI=1S/C15H15ClN2O2/c1-9-7-11(17)8-13(16)14(9)18-15(19)10-3-5-12(20-2)6-4-10/h3-8H,17H2,1-2H3,(H,18,19). The summed E-state index contributed by atoms with van der Waals surface area (Å²) in [4.78, 5) is 12.2. The van der Waals surface area contributed by atoms with Gasteiger partial charge < -0.3 is 15.8 Å². The van der Waals surface area contributed by atoms with Gasteiger partial charge in [0.05, 0.1) is 17.8 Å². The molecule has 2 aromatic carbocycles. The van der Waals surface area contributed by atoms with E-state index in [2.05, 4.69) is 5.32 Å². The molecule has 20 heavy (non-hydrogen) atoms. The first-order valence-corrected chi connectivity index (χ1v) is 6.40. The number of nitrogen functional groups attached to an aromatic ring is 1. The number of hydrogen-bond acceptors (Lipinski definition) is 3. The number of benzene rings is 2. The number of carbonyl (C=O) groups is 1. The summed E-state index contributed by atoms with van der Waals surface area (Å²) in [5, 5.41) is 3.21. The smallest absolute Gasteiger partial charge is 0.255 e. The molecule has 0 aromatic heterocycles. The minimum atomic E-state index is -0.234. The Morgan fingerprint density at radius 1 is 1.25 bits per heavy atom. The second-order valence-corrected chi connectivity index (χ2v) is 4.78. The molecule has 0 bridgehead atoms.